The number of aliphatic hydroxyl groups is 1. The summed E-state index contributed by atoms with van der Waals surface area (Å²) >= 11 is 0. The minimum atomic E-state index is -4.85. The molecule has 2 aromatic rings. The second kappa shape index (κ2) is 8.86. The number of rotatable bonds is 5. The second-order valence-electron chi connectivity index (χ2n) is 6.97. The molecule has 1 aromatic carbocycles. The maximum atomic E-state index is 13.5. The average molecular weight is 459 g/mol. The predicted octanol–water partition coefficient (Wildman–Crippen LogP) is 2.52. The van der Waals surface area contributed by atoms with Gasteiger partial charge in [0.15, 0.2) is 0 Å². The number of hydrogen-bond donors (Lipinski definition) is 4. The van der Waals surface area contributed by atoms with Gasteiger partial charge >= 0.3 is 12.3 Å². The molecule has 13 heteroatoms. The minimum absolute atomic E-state index is 0.0961. The van der Waals surface area contributed by atoms with E-state index in [9.17, 15) is 37.4 Å². The maximum Gasteiger partial charge on any atom is 0.433 e. The number of ether oxygens (including phenoxy) is 1. The van der Waals surface area contributed by atoms with Crippen molar-refractivity contribution in [2.75, 3.05) is 13.1 Å². The Bertz CT molecular complexity index is 1020. The first-order valence-corrected chi connectivity index (χ1v) is 9.10. The van der Waals surface area contributed by atoms with Crippen LogP contribution in [0, 0.1) is 0 Å². The van der Waals surface area contributed by atoms with Gasteiger partial charge in [-0.3, -0.25) is 4.79 Å². The third-order valence-electron chi connectivity index (χ3n) is 4.46. The lowest BCUT2D eigenvalue weighted by Crippen LogP contribution is -2.29. The van der Waals surface area contributed by atoms with Gasteiger partial charge in [0.1, 0.15) is 29.5 Å². The number of benzene rings is 1. The molecule has 1 aliphatic rings. The Morgan fingerprint density at radius 2 is 1.91 bits per heavy atom. The van der Waals surface area contributed by atoms with Crippen LogP contribution in [0.2, 0.25) is 0 Å². The summed E-state index contributed by atoms with van der Waals surface area (Å²) < 4.78 is 58.3. The van der Waals surface area contributed by atoms with E-state index in [1.54, 1.807) is 0 Å². The molecule has 1 aromatic heterocycles. The van der Waals surface area contributed by atoms with Gasteiger partial charge in [-0.2, -0.15) is 13.2 Å². The number of aliphatic hydroxyl groups excluding tert-OH is 1. The predicted molar refractivity (Wildman–Crippen MR) is 99.1 cm³/mol. The standard InChI is InChI=1S/C19H17F4N3O6/c20-13-7-26(8-14(13)28)17(29)10-3-11(27)5-12(4-10)32-16-2-9(6-24-18(30)31)1-15(25-16)19(21,22)23/h1-5,13-14,24,27-28H,6-8H2,(H,30,31). The van der Waals surface area contributed by atoms with Crippen molar-refractivity contribution in [3.8, 4) is 17.4 Å². The van der Waals surface area contributed by atoms with E-state index in [1.807, 2.05) is 5.32 Å². The number of aromatic nitrogens is 1. The summed E-state index contributed by atoms with van der Waals surface area (Å²) in [5, 5.41) is 30.0. The number of phenolic OH excluding ortho intramolecular Hbond substituents is 1. The van der Waals surface area contributed by atoms with Gasteiger partial charge in [0.05, 0.1) is 6.54 Å². The molecule has 1 saturated heterocycles. The van der Waals surface area contributed by atoms with Crippen LogP contribution in [-0.4, -0.2) is 62.6 Å². The molecular weight excluding hydrogens is 442 g/mol. The molecule has 9 nitrogen and oxygen atoms in total. The molecule has 0 aliphatic carbocycles. The Hall–Kier alpha value is -3.61. The number of aromatic hydroxyl groups is 1. The van der Waals surface area contributed by atoms with Gasteiger partial charge in [0.2, 0.25) is 5.88 Å². The van der Waals surface area contributed by atoms with Gasteiger partial charge in [-0.1, -0.05) is 0 Å². The number of carbonyl (C=O) groups excluding carboxylic acids is 1. The monoisotopic (exact) mass is 459 g/mol. The SMILES string of the molecule is O=C(O)NCc1cc(Oc2cc(O)cc(C(=O)N3CC(O)C(F)C3)c2)nc(C(F)(F)F)c1. The molecule has 2 amide bonds. The number of halogens is 4. The molecule has 2 heterocycles. The third-order valence-corrected chi connectivity index (χ3v) is 4.46. The summed E-state index contributed by atoms with van der Waals surface area (Å²) in [7, 11) is 0. The fourth-order valence-corrected chi connectivity index (χ4v) is 3.02. The fourth-order valence-electron chi connectivity index (χ4n) is 3.02. The molecule has 0 radical (unpaired) electrons. The van der Waals surface area contributed by atoms with E-state index in [-0.39, 0.29) is 30.0 Å². The number of pyridine rings is 1. The molecule has 0 saturated carbocycles. The quantitative estimate of drug-likeness (QED) is 0.505. The van der Waals surface area contributed by atoms with Crippen molar-refractivity contribution in [1.82, 2.24) is 15.2 Å². The van der Waals surface area contributed by atoms with Crippen LogP contribution in [0.5, 0.6) is 17.4 Å². The lowest BCUT2D eigenvalue weighted by molar-refractivity contribution is -0.141. The normalized spacial score (nSPS) is 18.5. The summed E-state index contributed by atoms with van der Waals surface area (Å²) in [6.07, 6.45) is -9.27. The molecule has 0 spiro atoms. The summed E-state index contributed by atoms with van der Waals surface area (Å²) in [5.74, 6) is -1.99. The third kappa shape index (κ3) is 5.55. The first-order chi connectivity index (χ1) is 14.9. The van der Waals surface area contributed by atoms with Crippen molar-refractivity contribution in [3.05, 3.63) is 47.2 Å². The van der Waals surface area contributed by atoms with Gasteiger partial charge in [-0.15, -0.1) is 0 Å². The number of amides is 2. The van der Waals surface area contributed by atoms with Crippen LogP contribution in [0.3, 0.4) is 0 Å². The van der Waals surface area contributed by atoms with Crippen LogP contribution >= 0.6 is 0 Å². The van der Waals surface area contributed by atoms with E-state index in [2.05, 4.69) is 4.98 Å². The highest BCUT2D eigenvalue weighted by atomic mass is 19.4. The fraction of sp³-hybridized carbons (Fsp3) is 0.316. The minimum Gasteiger partial charge on any atom is -0.508 e. The van der Waals surface area contributed by atoms with Crippen molar-refractivity contribution >= 4 is 12.0 Å². The molecule has 2 atom stereocenters. The van der Waals surface area contributed by atoms with Crippen molar-refractivity contribution in [2.45, 2.75) is 25.0 Å². The largest absolute Gasteiger partial charge is 0.508 e. The number of carboxylic acid groups (broad SMARTS) is 1. The van der Waals surface area contributed by atoms with Gasteiger partial charge in [0.25, 0.3) is 5.91 Å². The summed E-state index contributed by atoms with van der Waals surface area (Å²) in [4.78, 5) is 27.5. The van der Waals surface area contributed by atoms with Crippen LogP contribution in [0.15, 0.2) is 30.3 Å². The number of nitrogens with one attached hydrogen (secondary N) is 1. The zero-order valence-electron chi connectivity index (χ0n) is 16.1. The van der Waals surface area contributed by atoms with Gasteiger partial charge in [-0.05, 0) is 23.8 Å². The molecule has 0 bridgehead atoms. The topological polar surface area (TPSA) is 132 Å². The maximum absolute atomic E-state index is 13.5. The first-order valence-electron chi connectivity index (χ1n) is 9.10. The van der Waals surface area contributed by atoms with E-state index in [0.717, 1.165) is 29.2 Å². The highest BCUT2D eigenvalue weighted by molar-refractivity contribution is 5.95. The molecule has 3 rings (SSSR count). The van der Waals surface area contributed by atoms with Crippen LogP contribution in [0.4, 0.5) is 22.4 Å². The number of hydrogen-bond acceptors (Lipinski definition) is 6. The number of carbonyl (C=O) groups is 2. The zero-order valence-corrected chi connectivity index (χ0v) is 16.1. The van der Waals surface area contributed by atoms with Crippen molar-refractivity contribution in [2.24, 2.45) is 0 Å². The second-order valence-corrected chi connectivity index (χ2v) is 6.97. The smallest absolute Gasteiger partial charge is 0.433 e. The summed E-state index contributed by atoms with van der Waals surface area (Å²) in [5.41, 5.74) is -1.59. The Kier molecular flexibility index (Phi) is 6.39. The Labute approximate surface area is 177 Å². The Morgan fingerprint density at radius 1 is 1.19 bits per heavy atom. The molecule has 2 unspecified atom stereocenters. The Balaban J connectivity index is 1.88. The van der Waals surface area contributed by atoms with Gasteiger partial charge < -0.3 is 30.3 Å². The molecule has 32 heavy (non-hydrogen) atoms. The van der Waals surface area contributed by atoms with Crippen LogP contribution in [0.1, 0.15) is 21.6 Å². The van der Waals surface area contributed by atoms with Crippen molar-refractivity contribution < 1.29 is 47.2 Å². The number of alkyl halides is 4. The first kappa shape index (κ1) is 23.1. The molecule has 1 fully saturated rings. The summed E-state index contributed by atoms with van der Waals surface area (Å²) in [6.45, 7) is -1.08. The summed E-state index contributed by atoms with van der Waals surface area (Å²) in [6, 6.07) is 4.88. The van der Waals surface area contributed by atoms with Crippen LogP contribution in [-0.2, 0) is 12.7 Å². The zero-order chi connectivity index (χ0) is 23.6. The van der Waals surface area contributed by atoms with E-state index < -0.39 is 54.3 Å². The Morgan fingerprint density at radius 3 is 2.50 bits per heavy atom. The highest BCUT2D eigenvalue weighted by Gasteiger charge is 2.35. The number of likely N-dealkylation sites (tertiary alicyclic amines) is 1. The van der Waals surface area contributed by atoms with Crippen LogP contribution < -0.4 is 10.1 Å². The average Bonchev–Trinajstić information content (AvgIpc) is 3.03. The number of β-amino-alcohol motifs (C(OH)–C–C–N with tert-alkyl or cyclic N) is 1. The molecule has 4 N–H and O–H groups in total. The number of nitrogens with zero attached hydrogens (tertiary/aromatic N) is 2. The van der Waals surface area contributed by atoms with Crippen molar-refractivity contribution in [1.29, 1.82) is 0 Å². The number of phenols is 1. The molecule has 1 aliphatic heterocycles. The lowest BCUT2D eigenvalue weighted by Gasteiger charge is -2.16. The van der Waals surface area contributed by atoms with Crippen LogP contribution in [0.25, 0.3) is 0 Å². The van der Waals surface area contributed by atoms with E-state index in [1.165, 1.54) is 0 Å². The van der Waals surface area contributed by atoms with Gasteiger partial charge in [-0.25, -0.2) is 14.2 Å². The molecular formula is C19H17F4N3O6. The van der Waals surface area contributed by atoms with E-state index in [4.69, 9.17) is 9.84 Å². The van der Waals surface area contributed by atoms with E-state index in [0.29, 0.717) is 6.07 Å². The molecule has 172 valence electrons. The van der Waals surface area contributed by atoms with E-state index >= 15 is 0 Å². The van der Waals surface area contributed by atoms with Crippen molar-refractivity contribution in [3.63, 3.8) is 0 Å². The highest BCUT2D eigenvalue weighted by Crippen LogP contribution is 2.33. The lowest BCUT2D eigenvalue weighted by atomic mass is 10.1. The van der Waals surface area contributed by atoms with Gasteiger partial charge in [0, 0.05) is 30.8 Å².